The van der Waals surface area contributed by atoms with Crippen molar-refractivity contribution in [1.29, 1.82) is 0 Å². The van der Waals surface area contributed by atoms with E-state index in [0.29, 0.717) is 17.8 Å². The highest BCUT2D eigenvalue weighted by Gasteiger charge is 2.58. The van der Waals surface area contributed by atoms with Gasteiger partial charge in [0.1, 0.15) is 6.10 Å². The van der Waals surface area contributed by atoms with Crippen molar-refractivity contribution in [2.75, 3.05) is 0 Å². The van der Waals surface area contributed by atoms with Crippen LogP contribution in [-0.4, -0.2) is 36.1 Å². The van der Waals surface area contributed by atoms with Gasteiger partial charge in [0.25, 0.3) is 0 Å². The highest BCUT2D eigenvalue weighted by molar-refractivity contribution is 5.92. The molecule has 0 aliphatic heterocycles. The van der Waals surface area contributed by atoms with Crippen molar-refractivity contribution >= 4 is 17.9 Å². The molecule has 3 saturated carbocycles. The van der Waals surface area contributed by atoms with Gasteiger partial charge in [-0.15, -0.1) is 0 Å². The zero-order chi connectivity index (χ0) is 24.7. The molecule has 2 amide bonds. The van der Waals surface area contributed by atoms with Crippen molar-refractivity contribution in [2.24, 2.45) is 33.7 Å². The summed E-state index contributed by atoms with van der Waals surface area (Å²) >= 11 is 0. The van der Waals surface area contributed by atoms with Gasteiger partial charge in [0.15, 0.2) is 0 Å². The summed E-state index contributed by atoms with van der Waals surface area (Å²) in [6.45, 7) is 12.5. The van der Waals surface area contributed by atoms with Crippen LogP contribution in [0.3, 0.4) is 0 Å². The molecule has 0 bridgehead atoms. The van der Waals surface area contributed by atoms with E-state index in [0.717, 1.165) is 50.7 Å². The summed E-state index contributed by atoms with van der Waals surface area (Å²) in [7, 11) is 0. The lowest BCUT2D eigenvalue weighted by molar-refractivity contribution is -0.0241. The summed E-state index contributed by atoms with van der Waals surface area (Å²) in [6.07, 6.45) is 9.90. The molecule has 34 heavy (non-hydrogen) atoms. The largest absolute Gasteiger partial charge is 0.446 e. The van der Waals surface area contributed by atoms with Crippen molar-refractivity contribution in [3.8, 4) is 0 Å². The van der Waals surface area contributed by atoms with Crippen molar-refractivity contribution in [1.82, 2.24) is 10.6 Å². The number of nitrogens with one attached hydrogen (secondary N) is 2. The minimum absolute atomic E-state index is 0.0101. The van der Waals surface area contributed by atoms with Crippen LogP contribution in [0.2, 0.25) is 0 Å². The van der Waals surface area contributed by atoms with E-state index >= 15 is 0 Å². The molecule has 2 N–H and O–H groups in total. The fraction of sp³-hybridized carbons (Fsp3) is 0.815. The van der Waals surface area contributed by atoms with E-state index in [9.17, 15) is 9.59 Å². The number of ether oxygens (including phenoxy) is 1. The highest BCUT2D eigenvalue weighted by atomic mass is 16.7. The molecule has 6 atom stereocenters. The topological polar surface area (TPSA) is 89.0 Å². The quantitative estimate of drug-likeness (QED) is 0.300. The summed E-state index contributed by atoms with van der Waals surface area (Å²) in [6, 6.07) is 0.117. The van der Waals surface area contributed by atoms with Crippen LogP contribution < -0.4 is 10.6 Å². The molecule has 0 aromatic rings. The molecule has 4 aliphatic carbocycles. The second-order valence-electron chi connectivity index (χ2n) is 12.0. The minimum Gasteiger partial charge on any atom is -0.446 e. The Labute approximate surface area is 204 Å². The SMILES string of the molecule is CC(C)NC(=O)O/N=C1\CC[C@H]2[C@@H]3CC=C4C[C@@H](OC(=O)NC(C)C)CC[C@]4(C)[C@H]3CC[C@]12C. The molecule has 0 spiro atoms. The zero-order valence-electron chi connectivity index (χ0n) is 21.8. The number of carbonyl (C=O) groups is 2. The summed E-state index contributed by atoms with van der Waals surface area (Å²) in [5.74, 6) is 1.86. The standard InChI is InChI=1S/C27H43N3O4/c1-16(2)28-24(31)33-19-11-13-26(5)18(15-19)7-8-20-21-9-10-23(27(21,6)14-12-22(20)26)30-34-25(32)29-17(3)4/h7,16-17,19-22H,8-15H2,1-6H3,(H,28,31)(H,29,32)/b30-23+/t19-,20-,21-,22-,26-,27-/m0/s1. The molecule has 4 rings (SSSR count). The maximum atomic E-state index is 12.1. The maximum Gasteiger partial charge on any atom is 0.433 e. The fourth-order valence-electron chi connectivity index (χ4n) is 7.45. The maximum absolute atomic E-state index is 12.1. The van der Waals surface area contributed by atoms with Crippen molar-refractivity contribution < 1.29 is 19.2 Å². The van der Waals surface area contributed by atoms with Crippen LogP contribution in [0.4, 0.5) is 9.59 Å². The van der Waals surface area contributed by atoms with Crippen molar-refractivity contribution in [3.63, 3.8) is 0 Å². The van der Waals surface area contributed by atoms with E-state index < -0.39 is 6.09 Å². The van der Waals surface area contributed by atoms with Gasteiger partial charge in [0.05, 0.1) is 5.71 Å². The number of hydrogen-bond acceptors (Lipinski definition) is 5. The van der Waals surface area contributed by atoms with Gasteiger partial charge in [-0.2, -0.15) is 0 Å². The Morgan fingerprint density at radius 1 is 0.971 bits per heavy atom. The molecule has 3 fully saturated rings. The fourth-order valence-corrected chi connectivity index (χ4v) is 7.45. The van der Waals surface area contributed by atoms with Gasteiger partial charge in [-0.05, 0) is 95.8 Å². The summed E-state index contributed by atoms with van der Waals surface area (Å²) in [5.41, 5.74) is 2.75. The number of rotatable bonds is 4. The van der Waals surface area contributed by atoms with Gasteiger partial charge in [-0.1, -0.05) is 30.7 Å². The number of alkyl carbamates (subject to hydrolysis) is 1. The van der Waals surface area contributed by atoms with E-state index in [2.05, 4.69) is 35.7 Å². The Kier molecular flexibility index (Phi) is 7.03. The molecule has 0 saturated heterocycles. The smallest absolute Gasteiger partial charge is 0.433 e. The third kappa shape index (κ3) is 4.72. The lowest BCUT2D eigenvalue weighted by Gasteiger charge is -2.57. The Morgan fingerprint density at radius 2 is 1.62 bits per heavy atom. The molecule has 0 heterocycles. The predicted octanol–water partition coefficient (Wildman–Crippen LogP) is 5.94. The molecule has 0 unspecified atom stereocenters. The molecule has 7 heteroatoms. The van der Waals surface area contributed by atoms with E-state index in [1.54, 1.807) is 0 Å². The van der Waals surface area contributed by atoms with Crippen LogP contribution in [-0.2, 0) is 9.57 Å². The van der Waals surface area contributed by atoms with E-state index in [-0.39, 0.29) is 35.1 Å². The normalized spacial score (nSPS) is 38.0. The van der Waals surface area contributed by atoms with Crippen LogP contribution in [0.25, 0.3) is 0 Å². The van der Waals surface area contributed by atoms with Gasteiger partial charge in [0, 0.05) is 23.9 Å². The summed E-state index contributed by atoms with van der Waals surface area (Å²) in [5, 5.41) is 9.96. The molecular weight excluding hydrogens is 430 g/mol. The Bertz CT molecular complexity index is 866. The van der Waals surface area contributed by atoms with Crippen LogP contribution in [0.15, 0.2) is 16.8 Å². The monoisotopic (exact) mass is 473 g/mol. The van der Waals surface area contributed by atoms with Crippen molar-refractivity contribution in [2.45, 2.75) is 111 Å². The van der Waals surface area contributed by atoms with E-state index in [1.807, 2.05) is 27.7 Å². The van der Waals surface area contributed by atoms with Gasteiger partial charge < -0.3 is 15.4 Å². The number of carbonyl (C=O) groups excluding carboxylic acids is 2. The molecule has 0 aromatic heterocycles. The number of fused-ring (bicyclic) bond motifs is 5. The Hall–Kier alpha value is -2.05. The summed E-state index contributed by atoms with van der Waals surface area (Å²) < 4.78 is 5.75. The lowest BCUT2D eigenvalue weighted by Crippen LogP contribution is -2.51. The highest BCUT2D eigenvalue weighted by Crippen LogP contribution is 2.64. The average Bonchev–Trinajstić information content (AvgIpc) is 3.07. The first-order chi connectivity index (χ1) is 16.0. The van der Waals surface area contributed by atoms with Crippen molar-refractivity contribution in [3.05, 3.63) is 11.6 Å². The predicted molar refractivity (Wildman–Crippen MR) is 132 cm³/mol. The van der Waals surface area contributed by atoms with Crippen LogP contribution in [0.1, 0.15) is 92.9 Å². The molecule has 7 nitrogen and oxygen atoms in total. The summed E-state index contributed by atoms with van der Waals surface area (Å²) in [4.78, 5) is 29.3. The lowest BCUT2D eigenvalue weighted by atomic mass is 9.48. The van der Waals surface area contributed by atoms with Gasteiger partial charge in [-0.3, -0.25) is 4.84 Å². The van der Waals surface area contributed by atoms with Crippen LogP contribution in [0, 0.1) is 28.6 Å². The third-order valence-corrected chi connectivity index (χ3v) is 9.13. The van der Waals surface area contributed by atoms with Gasteiger partial charge in [-0.25, -0.2) is 9.59 Å². The molecule has 0 aromatic carbocycles. The number of oxime groups is 1. The first kappa shape index (κ1) is 25.1. The first-order valence-electron chi connectivity index (χ1n) is 13.2. The number of allylic oxidation sites excluding steroid dienone is 1. The molecule has 4 aliphatic rings. The average molecular weight is 474 g/mol. The minimum atomic E-state index is -0.470. The van der Waals surface area contributed by atoms with Crippen LogP contribution in [0.5, 0.6) is 0 Å². The molecule has 0 radical (unpaired) electrons. The van der Waals surface area contributed by atoms with Gasteiger partial charge >= 0.3 is 12.2 Å². The Balaban J connectivity index is 1.45. The first-order valence-corrected chi connectivity index (χ1v) is 13.2. The molecular formula is C27H43N3O4. The van der Waals surface area contributed by atoms with Gasteiger partial charge in [0.2, 0.25) is 0 Å². The number of hydrogen-bond donors (Lipinski definition) is 2. The van der Waals surface area contributed by atoms with Crippen LogP contribution >= 0.6 is 0 Å². The second-order valence-corrected chi connectivity index (χ2v) is 12.0. The number of amides is 2. The molecule has 190 valence electrons. The Morgan fingerprint density at radius 3 is 2.32 bits per heavy atom. The zero-order valence-corrected chi connectivity index (χ0v) is 21.8. The second kappa shape index (κ2) is 9.54. The van der Waals surface area contributed by atoms with E-state index in [1.165, 1.54) is 12.0 Å². The van der Waals surface area contributed by atoms with E-state index in [4.69, 9.17) is 9.57 Å². The third-order valence-electron chi connectivity index (χ3n) is 9.13. The number of nitrogens with zero attached hydrogens (tertiary/aromatic N) is 1.